The van der Waals surface area contributed by atoms with E-state index >= 15 is 0 Å². The Bertz CT molecular complexity index is 648. The fourth-order valence-electron chi connectivity index (χ4n) is 1.73. The topological polar surface area (TPSA) is 84.5 Å². The van der Waals surface area contributed by atoms with E-state index < -0.39 is 29.6 Å². The van der Waals surface area contributed by atoms with Gasteiger partial charge in [-0.05, 0) is 57.7 Å². The second-order valence-electron chi connectivity index (χ2n) is 6.38. The molecule has 0 aliphatic heterocycles. The number of ether oxygens (including phenoxy) is 1. The van der Waals surface area contributed by atoms with Crippen molar-refractivity contribution in [1.82, 2.24) is 10.6 Å². The number of imide groups is 1. The molecule has 0 spiro atoms. The van der Waals surface area contributed by atoms with E-state index in [0.29, 0.717) is 0 Å². The van der Waals surface area contributed by atoms with Crippen LogP contribution in [0.15, 0.2) is 35.2 Å². The van der Waals surface area contributed by atoms with Crippen LogP contribution in [0.3, 0.4) is 0 Å². The monoisotopic (exact) mass is 364 g/mol. The maximum absolute atomic E-state index is 11.8. The summed E-state index contributed by atoms with van der Waals surface area (Å²) in [7, 11) is 0. The van der Waals surface area contributed by atoms with Crippen molar-refractivity contribution in [2.24, 2.45) is 0 Å². The molecule has 6 nitrogen and oxygen atoms in total. The van der Waals surface area contributed by atoms with E-state index in [1.54, 1.807) is 38.6 Å². The number of urea groups is 1. The van der Waals surface area contributed by atoms with Crippen LogP contribution in [0.1, 0.15) is 33.3 Å². The summed E-state index contributed by atoms with van der Waals surface area (Å²) in [5, 5.41) is 4.72. The molecule has 0 saturated carbocycles. The Balaban J connectivity index is 2.50. The number of thioether (sulfide) groups is 1. The minimum Gasteiger partial charge on any atom is -0.449 e. The molecule has 3 amide bonds. The molecule has 2 N–H and O–H groups in total. The summed E-state index contributed by atoms with van der Waals surface area (Å²) in [6.07, 6.45) is 3.74. The van der Waals surface area contributed by atoms with Gasteiger partial charge in [0.05, 0.1) is 0 Å². The summed E-state index contributed by atoms with van der Waals surface area (Å²) in [6.45, 7) is 6.77. The van der Waals surface area contributed by atoms with Crippen molar-refractivity contribution in [3.05, 3.63) is 35.9 Å². The van der Waals surface area contributed by atoms with Crippen molar-refractivity contribution in [1.29, 1.82) is 0 Å². The summed E-state index contributed by atoms with van der Waals surface area (Å²) in [5.74, 6) is -1.35. The van der Waals surface area contributed by atoms with Crippen LogP contribution < -0.4 is 10.6 Å². The van der Waals surface area contributed by atoms with E-state index in [1.165, 1.54) is 13.0 Å². The molecule has 0 bridgehead atoms. The SMILES string of the molecule is CSc1ccc(/C=C/C(=O)O[C@@H](C)C(=O)NC(=O)NC(C)(C)C)cc1. The number of benzene rings is 1. The summed E-state index contributed by atoms with van der Waals surface area (Å²) in [4.78, 5) is 36.4. The normalized spacial score (nSPS) is 12.5. The van der Waals surface area contributed by atoms with E-state index in [0.717, 1.165) is 10.5 Å². The Labute approximate surface area is 152 Å². The summed E-state index contributed by atoms with van der Waals surface area (Å²) in [6, 6.07) is 7.01. The number of hydrogen-bond donors (Lipinski definition) is 2. The van der Waals surface area contributed by atoms with Crippen LogP contribution >= 0.6 is 11.8 Å². The number of esters is 1. The van der Waals surface area contributed by atoms with Crippen LogP contribution in [-0.2, 0) is 14.3 Å². The zero-order chi connectivity index (χ0) is 19.0. The van der Waals surface area contributed by atoms with E-state index in [1.807, 2.05) is 30.5 Å². The summed E-state index contributed by atoms with van der Waals surface area (Å²) in [5.41, 5.74) is 0.371. The van der Waals surface area contributed by atoms with Gasteiger partial charge in [0.15, 0.2) is 6.10 Å². The van der Waals surface area contributed by atoms with Crippen molar-refractivity contribution in [2.75, 3.05) is 6.26 Å². The largest absolute Gasteiger partial charge is 0.449 e. The van der Waals surface area contributed by atoms with Crippen LogP contribution in [0.25, 0.3) is 6.08 Å². The smallest absolute Gasteiger partial charge is 0.331 e. The van der Waals surface area contributed by atoms with Crippen LogP contribution in [0.4, 0.5) is 4.79 Å². The highest BCUT2D eigenvalue weighted by Crippen LogP contribution is 2.15. The second kappa shape index (κ2) is 9.27. The third-order valence-corrected chi connectivity index (χ3v) is 3.66. The minimum absolute atomic E-state index is 0.473. The highest BCUT2D eigenvalue weighted by Gasteiger charge is 2.21. The van der Waals surface area contributed by atoms with Gasteiger partial charge in [0.1, 0.15) is 0 Å². The molecular weight excluding hydrogens is 340 g/mol. The highest BCUT2D eigenvalue weighted by molar-refractivity contribution is 7.98. The van der Waals surface area contributed by atoms with Crippen molar-refractivity contribution in [3.8, 4) is 0 Å². The van der Waals surface area contributed by atoms with Gasteiger partial charge in [0, 0.05) is 16.5 Å². The van der Waals surface area contributed by atoms with Gasteiger partial charge >= 0.3 is 12.0 Å². The standard InChI is InChI=1S/C18H24N2O4S/c1-12(16(22)19-17(23)20-18(2,3)4)24-15(21)11-8-13-6-9-14(25-5)10-7-13/h6-12H,1-5H3,(H2,19,20,22,23)/b11-8+/t12-/m0/s1. The molecule has 0 saturated heterocycles. The predicted molar refractivity (Wildman–Crippen MR) is 99.2 cm³/mol. The third kappa shape index (κ3) is 8.39. The van der Waals surface area contributed by atoms with E-state index in [4.69, 9.17) is 4.74 Å². The average Bonchev–Trinajstić information content (AvgIpc) is 2.51. The van der Waals surface area contributed by atoms with Crippen LogP contribution in [0.5, 0.6) is 0 Å². The Hall–Kier alpha value is -2.28. The zero-order valence-electron chi connectivity index (χ0n) is 15.1. The van der Waals surface area contributed by atoms with E-state index in [9.17, 15) is 14.4 Å². The quantitative estimate of drug-likeness (QED) is 0.477. The summed E-state index contributed by atoms with van der Waals surface area (Å²) < 4.78 is 4.99. The fraction of sp³-hybridized carbons (Fsp3) is 0.389. The van der Waals surface area contributed by atoms with E-state index in [2.05, 4.69) is 10.6 Å². The number of carbonyl (C=O) groups excluding carboxylic acids is 3. The molecule has 0 aromatic heterocycles. The zero-order valence-corrected chi connectivity index (χ0v) is 15.9. The molecule has 0 aliphatic carbocycles. The third-order valence-electron chi connectivity index (χ3n) is 2.92. The van der Waals surface area contributed by atoms with Crippen molar-refractivity contribution >= 4 is 35.7 Å². The number of rotatable bonds is 5. The van der Waals surface area contributed by atoms with Gasteiger partial charge in [-0.15, -0.1) is 11.8 Å². The number of hydrogen-bond acceptors (Lipinski definition) is 5. The van der Waals surface area contributed by atoms with Gasteiger partial charge in [0.2, 0.25) is 0 Å². The molecule has 1 rings (SSSR count). The molecule has 25 heavy (non-hydrogen) atoms. The molecule has 0 heterocycles. The molecule has 0 unspecified atom stereocenters. The minimum atomic E-state index is -1.08. The van der Waals surface area contributed by atoms with Gasteiger partial charge in [-0.25, -0.2) is 9.59 Å². The van der Waals surface area contributed by atoms with Crippen LogP contribution in [-0.4, -0.2) is 35.8 Å². The summed E-state index contributed by atoms with van der Waals surface area (Å²) >= 11 is 1.63. The van der Waals surface area contributed by atoms with Crippen LogP contribution in [0.2, 0.25) is 0 Å². The first-order valence-electron chi connectivity index (χ1n) is 7.76. The lowest BCUT2D eigenvalue weighted by Gasteiger charge is -2.21. The van der Waals surface area contributed by atoms with E-state index in [-0.39, 0.29) is 0 Å². The molecule has 1 aromatic carbocycles. The highest BCUT2D eigenvalue weighted by atomic mass is 32.2. The fourth-order valence-corrected chi connectivity index (χ4v) is 2.14. The lowest BCUT2D eigenvalue weighted by molar-refractivity contribution is -0.149. The van der Waals surface area contributed by atoms with Gasteiger partial charge in [-0.1, -0.05) is 12.1 Å². The number of nitrogens with one attached hydrogen (secondary N) is 2. The molecule has 7 heteroatoms. The molecule has 0 aliphatic rings. The molecule has 0 fully saturated rings. The molecule has 0 radical (unpaired) electrons. The molecule has 1 atom stereocenters. The number of amides is 3. The Morgan fingerprint density at radius 1 is 1.16 bits per heavy atom. The molecule has 136 valence electrons. The maximum Gasteiger partial charge on any atom is 0.331 e. The lowest BCUT2D eigenvalue weighted by atomic mass is 10.1. The van der Waals surface area contributed by atoms with Gasteiger partial charge in [-0.3, -0.25) is 10.1 Å². The Kier molecular flexibility index (Phi) is 7.70. The first-order valence-corrected chi connectivity index (χ1v) is 8.99. The maximum atomic E-state index is 11.8. The van der Waals surface area contributed by atoms with Gasteiger partial charge in [0.25, 0.3) is 5.91 Å². The first kappa shape index (κ1) is 20.8. The molecule has 1 aromatic rings. The van der Waals surface area contributed by atoms with Crippen molar-refractivity contribution in [3.63, 3.8) is 0 Å². The number of carbonyl (C=O) groups is 3. The lowest BCUT2D eigenvalue weighted by Crippen LogP contribution is -2.50. The van der Waals surface area contributed by atoms with Crippen molar-refractivity contribution < 1.29 is 19.1 Å². The first-order chi connectivity index (χ1) is 11.6. The molecular formula is C18H24N2O4S. The Morgan fingerprint density at radius 2 is 1.76 bits per heavy atom. The van der Waals surface area contributed by atoms with Gasteiger partial charge in [-0.2, -0.15) is 0 Å². The second-order valence-corrected chi connectivity index (χ2v) is 7.26. The average molecular weight is 364 g/mol. The predicted octanol–water partition coefficient (Wildman–Crippen LogP) is 2.98. The van der Waals surface area contributed by atoms with Gasteiger partial charge < -0.3 is 10.1 Å². The van der Waals surface area contributed by atoms with Crippen LogP contribution in [0, 0.1) is 0 Å². The Morgan fingerprint density at radius 3 is 2.28 bits per heavy atom. The van der Waals surface area contributed by atoms with Crippen molar-refractivity contribution in [2.45, 2.75) is 44.2 Å².